The number of carbonyl (C=O) groups is 2. The average Bonchev–Trinajstić information content (AvgIpc) is 2.68. The van der Waals surface area contributed by atoms with E-state index in [0.717, 1.165) is 0 Å². The Morgan fingerprint density at radius 1 is 1.10 bits per heavy atom. The molecule has 4 nitrogen and oxygen atoms in total. The van der Waals surface area contributed by atoms with Crippen molar-refractivity contribution in [2.24, 2.45) is 17.3 Å². The first kappa shape index (κ1) is 17.7. The number of hydrogen-bond acceptors (Lipinski definition) is 4. The first-order valence-electron chi connectivity index (χ1n) is 7.50. The van der Waals surface area contributed by atoms with Crippen molar-refractivity contribution in [1.29, 1.82) is 0 Å². The van der Waals surface area contributed by atoms with Gasteiger partial charge in [-0.3, -0.25) is 9.59 Å². The molecule has 0 aliphatic heterocycles. The second-order valence-corrected chi connectivity index (χ2v) is 7.80. The van der Waals surface area contributed by atoms with Gasteiger partial charge in [-0.2, -0.15) is 0 Å². The van der Waals surface area contributed by atoms with Crippen LogP contribution < -0.4 is 0 Å². The number of hydrogen-bond donors (Lipinski definition) is 0. The second kappa shape index (κ2) is 6.20. The summed E-state index contributed by atoms with van der Waals surface area (Å²) in [5, 5.41) is 0. The lowest BCUT2D eigenvalue weighted by molar-refractivity contribution is -0.163. The summed E-state index contributed by atoms with van der Waals surface area (Å²) >= 11 is 0. The largest absolute Gasteiger partial charge is 0.461 e. The van der Waals surface area contributed by atoms with Crippen LogP contribution in [0.1, 0.15) is 54.4 Å². The Kier molecular flexibility index (Phi) is 5.24. The highest BCUT2D eigenvalue weighted by Gasteiger charge is 2.41. The SMILES string of the molecule is C=C[C@H]1C[C@H](C(=O)OC(C)(C)C)C[C@H]1OC(=O)C(C)(C)C. The minimum atomic E-state index is -0.546. The molecule has 0 aromatic rings. The molecule has 4 heteroatoms. The van der Waals surface area contributed by atoms with E-state index in [1.807, 2.05) is 41.5 Å². The molecule has 21 heavy (non-hydrogen) atoms. The smallest absolute Gasteiger partial charge is 0.311 e. The van der Waals surface area contributed by atoms with Crippen molar-refractivity contribution in [3.05, 3.63) is 12.7 Å². The van der Waals surface area contributed by atoms with Crippen molar-refractivity contribution in [3.63, 3.8) is 0 Å². The lowest BCUT2D eigenvalue weighted by atomic mass is 9.97. The van der Waals surface area contributed by atoms with Crippen LogP contribution in [-0.2, 0) is 19.1 Å². The molecule has 1 saturated carbocycles. The highest BCUT2D eigenvalue weighted by atomic mass is 16.6. The monoisotopic (exact) mass is 296 g/mol. The van der Waals surface area contributed by atoms with Crippen LogP contribution in [-0.4, -0.2) is 23.6 Å². The Morgan fingerprint density at radius 3 is 2.10 bits per heavy atom. The summed E-state index contributed by atoms with van der Waals surface area (Å²) in [6, 6.07) is 0. The molecule has 3 atom stereocenters. The van der Waals surface area contributed by atoms with Gasteiger partial charge in [0.25, 0.3) is 0 Å². The van der Waals surface area contributed by atoms with E-state index in [9.17, 15) is 9.59 Å². The van der Waals surface area contributed by atoms with E-state index in [1.54, 1.807) is 6.08 Å². The molecule has 0 amide bonds. The highest BCUT2D eigenvalue weighted by Crippen LogP contribution is 2.36. The molecular formula is C17H28O4. The zero-order chi connectivity index (χ0) is 16.4. The van der Waals surface area contributed by atoms with Crippen molar-refractivity contribution in [3.8, 4) is 0 Å². The van der Waals surface area contributed by atoms with Gasteiger partial charge >= 0.3 is 11.9 Å². The van der Waals surface area contributed by atoms with Gasteiger partial charge in [0.05, 0.1) is 11.3 Å². The predicted molar refractivity (Wildman–Crippen MR) is 81.6 cm³/mol. The van der Waals surface area contributed by atoms with Gasteiger partial charge in [0.15, 0.2) is 0 Å². The molecule has 0 unspecified atom stereocenters. The van der Waals surface area contributed by atoms with Crippen LogP contribution in [0.4, 0.5) is 0 Å². The van der Waals surface area contributed by atoms with Gasteiger partial charge in [0.2, 0.25) is 0 Å². The van der Waals surface area contributed by atoms with Crippen molar-refractivity contribution in [2.45, 2.75) is 66.1 Å². The van der Waals surface area contributed by atoms with E-state index in [0.29, 0.717) is 12.8 Å². The summed E-state index contributed by atoms with van der Waals surface area (Å²) < 4.78 is 11.0. The molecule has 0 spiro atoms. The van der Waals surface area contributed by atoms with Crippen LogP contribution in [0.25, 0.3) is 0 Å². The fourth-order valence-electron chi connectivity index (χ4n) is 2.31. The molecule has 0 radical (unpaired) electrons. The Labute approximate surface area is 127 Å². The molecule has 120 valence electrons. The Bertz CT molecular complexity index is 411. The van der Waals surface area contributed by atoms with Crippen LogP contribution in [0.15, 0.2) is 12.7 Å². The van der Waals surface area contributed by atoms with Crippen molar-refractivity contribution in [2.75, 3.05) is 0 Å². The van der Waals surface area contributed by atoms with Crippen LogP contribution >= 0.6 is 0 Å². The van der Waals surface area contributed by atoms with E-state index in [-0.39, 0.29) is 29.9 Å². The summed E-state index contributed by atoms with van der Waals surface area (Å²) in [7, 11) is 0. The third kappa shape index (κ3) is 5.18. The van der Waals surface area contributed by atoms with Crippen LogP contribution in [0.3, 0.4) is 0 Å². The van der Waals surface area contributed by atoms with E-state index in [1.165, 1.54) is 0 Å². The van der Waals surface area contributed by atoms with E-state index >= 15 is 0 Å². The minimum absolute atomic E-state index is 0.00817. The van der Waals surface area contributed by atoms with Gasteiger partial charge < -0.3 is 9.47 Å². The maximum absolute atomic E-state index is 12.2. The summed E-state index contributed by atoms with van der Waals surface area (Å²) in [6.45, 7) is 14.8. The van der Waals surface area contributed by atoms with E-state index < -0.39 is 11.0 Å². The topological polar surface area (TPSA) is 52.6 Å². The number of carbonyl (C=O) groups excluding carboxylic acids is 2. The van der Waals surface area contributed by atoms with E-state index in [4.69, 9.17) is 9.47 Å². The Hall–Kier alpha value is -1.32. The lowest BCUT2D eigenvalue weighted by Gasteiger charge is -2.23. The molecule has 1 rings (SSSR count). The maximum atomic E-state index is 12.2. The Morgan fingerprint density at radius 2 is 1.67 bits per heavy atom. The fourth-order valence-corrected chi connectivity index (χ4v) is 2.31. The summed E-state index contributed by atoms with van der Waals surface area (Å²) in [6.07, 6.45) is 2.62. The molecule has 0 aromatic heterocycles. The van der Waals surface area contributed by atoms with Crippen molar-refractivity contribution in [1.82, 2.24) is 0 Å². The van der Waals surface area contributed by atoms with Crippen molar-refractivity contribution < 1.29 is 19.1 Å². The summed E-state index contributed by atoms with van der Waals surface area (Å²) in [5.41, 5.74) is -1.04. The molecule has 1 fully saturated rings. The molecular weight excluding hydrogens is 268 g/mol. The zero-order valence-electron chi connectivity index (χ0n) is 14.1. The lowest BCUT2D eigenvalue weighted by Crippen LogP contribution is -2.30. The quantitative estimate of drug-likeness (QED) is 0.591. The van der Waals surface area contributed by atoms with Crippen LogP contribution in [0.5, 0.6) is 0 Å². The molecule has 1 aliphatic carbocycles. The van der Waals surface area contributed by atoms with Crippen LogP contribution in [0, 0.1) is 17.3 Å². The molecule has 0 aromatic carbocycles. The summed E-state index contributed by atoms with van der Waals surface area (Å²) in [5.74, 6) is -0.688. The normalized spacial score (nSPS) is 26.3. The minimum Gasteiger partial charge on any atom is -0.461 e. The fraction of sp³-hybridized carbons (Fsp3) is 0.765. The molecule has 0 saturated heterocycles. The standard InChI is InChI=1S/C17H28O4/c1-8-11-9-12(14(18)21-17(5,6)7)10-13(11)20-15(19)16(2,3)4/h8,11-13H,1,9-10H2,2-7H3/t11-,12-,13+/m0/s1. The predicted octanol–water partition coefficient (Wildman–Crippen LogP) is 3.50. The first-order valence-corrected chi connectivity index (χ1v) is 7.50. The van der Waals surface area contributed by atoms with Gasteiger partial charge in [0.1, 0.15) is 11.7 Å². The molecule has 1 aliphatic rings. The zero-order valence-corrected chi connectivity index (χ0v) is 14.1. The third-order valence-corrected chi connectivity index (χ3v) is 3.46. The number of esters is 2. The van der Waals surface area contributed by atoms with Crippen molar-refractivity contribution >= 4 is 11.9 Å². The molecule has 0 bridgehead atoms. The average molecular weight is 296 g/mol. The number of ether oxygens (including phenoxy) is 2. The van der Waals surface area contributed by atoms with Crippen LogP contribution in [0.2, 0.25) is 0 Å². The summed E-state index contributed by atoms with van der Waals surface area (Å²) in [4.78, 5) is 24.2. The van der Waals surface area contributed by atoms with Gasteiger partial charge in [-0.1, -0.05) is 6.08 Å². The van der Waals surface area contributed by atoms with Gasteiger partial charge in [0, 0.05) is 5.92 Å². The Balaban J connectivity index is 2.70. The van der Waals surface area contributed by atoms with E-state index in [2.05, 4.69) is 6.58 Å². The third-order valence-electron chi connectivity index (χ3n) is 3.46. The van der Waals surface area contributed by atoms with Gasteiger partial charge in [-0.25, -0.2) is 0 Å². The number of rotatable bonds is 3. The molecule has 0 heterocycles. The molecule has 0 N–H and O–H groups in total. The highest BCUT2D eigenvalue weighted by molar-refractivity contribution is 5.76. The maximum Gasteiger partial charge on any atom is 0.311 e. The van der Waals surface area contributed by atoms with Gasteiger partial charge in [-0.15, -0.1) is 6.58 Å². The second-order valence-electron chi connectivity index (χ2n) is 7.80. The van der Waals surface area contributed by atoms with Gasteiger partial charge in [-0.05, 0) is 54.4 Å². The first-order chi connectivity index (χ1) is 9.44.